The first kappa shape index (κ1) is 18.2. The Labute approximate surface area is 154 Å². The SMILES string of the molecule is CCOc1ccccc1NC(=O)c1ccc(NC2CCCCCC2)nn1. The number of nitrogens with one attached hydrogen (secondary N) is 2. The fraction of sp³-hybridized carbons (Fsp3) is 0.450. The van der Waals surface area contributed by atoms with E-state index in [1.807, 2.05) is 31.2 Å². The molecule has 1 heterocycles. The molecule has 1 amide bonds. The molecule has 0 aliphatic heterocycles. The van der Waals surface area contributed by atoms with Gasteiger partial charge in [0.2, 0.25) is 0 Å². The van der Waals surface area contributed by atoms with E-state index in [9.17, 15) is 4.79 Å². The van der Waals surface area contributed by atoms with Crippen molar-refractivity contribution >= 4 is 17.4 Å². The molecule has 3 rings (SSSR count). The zero-order chi connectivity index (χ0) is 18.2. The Morgan fingerprint density at radius 1 is 1.08 bits per heavy atom. The van der Waals surface area contributed by atoms with Crippen LogP contribution in [0.15, 0.2) is 36.4 Å². The summed E-state index contributed by atoms with van der Waals surface area (Å²) in [7, 11) is 0. The summed E-state index contributed by atoms with van der Waals surface area (Å²) in [5, 5.41) is 14.5. The van der Waals surface area contributed by atoms with Crippen molar-refractivity contribution in [2.24, 2.45) is 0 Å². The van der Waals surface area contributed by atoms with E-state index in [1.54, 1.807) is 12.1 Å². The Morgan fingerprint density at radius 3 is 2.54 bits per heavy atom. The molecule has 0 radical (unpaired) electrons. The third-order valence-electron chi connectivity index (χ3n) is 4.54. The number of ether oxygens (including phenoxy) is 1. The zero-order valence-electron chi connectivity index (χ0n) is 15.2. The first-order valence-corrected chi connectivity index (χ1v) is 9.39. The molecular formula is C20H26N4O2. The van der Waals surface area contributed by atoms with Crippen LogP contribution in [0.2, 0.25) is 0 Å². The van der Waals surface area contributed by atoms with Crippen LogP contribution in [0.4, 0.5) is 11.5 Å². The van der Waals surface area contributed by atoms with Crippen molar-refractivity contribution in [3.05, 3.63) is 42.1 Å². The summed E-state index contributed by atoms with van der Waals surface area (Å²) in [4.78, 5) is 12.4. The third-order valence-corrected chi connectivity index (χ3v) is 4.54. The predicted molar refractivity (Wildman–Crippen MR) is 103 cm³/mol. The van der Waals surface area contributed by atoms with Crippen molar-refractivity contribution in [1.82, 2.24) is 10.2 Å². The van der Waals surface area contributed by atoms with Gasteiger partial charge >= 0.3 is 0 Å². The minimum absolute atomic E-state index is 0.280. The fourth-order valence-corrected chi connectivity index (χ4v) is 3.20. The normalized spacial score (nSPS) is 15.1. The number of amides is 1. The standard InChI is InChI=1S/C20H26N4O2/c1-2-26-18-12-8-7-11-16(18)22-20(25)17-13-14-19(24-23-17)21-15-9-5-3-4-6-10-15/h7-8,11-15H,2-6,9-10H2,1H3,(H,21,24)(H,22,25). The lowest BCUT2D eigenvalue weighted by Crippen LogP contribution is -2.20. The van der Waals surface area contributed by atoms with Crippen LogP contribution >= 0.6 is 0 Å². The average Bonchev–Trinajstić information content (AvgIpc) is 2.93. The van der Waals surface area contributed by atoms with E-state index in [-0.39, 0.29) is 11.6 Å². The number of hydrogen-bond acceptors (Lipinski definition) is 5. The highest BCUT2D eigenvalue weighted by molar-refractivity contribution is 6.03. The molecule has 2 aromatic rings. The van der Waals surface area contributed by atoms with E-state index in [4.69, 9.17) is 4.74 Å². The molecule has 1 fully saturated rings. The van der Waals surface area contributed by atoms with E-state index in [2.05, 4.69) is 20.8 Å². The number of nitrogens with zero attached hydrogens (tertiary/aromatic N) is 2. The maximum atomic E-state index is 12.4. The summed E-state index contributed by atoms with van der Waals surface area (Å²) in [6.07, 6.45) is 7.46. The maximum Gasteiger partial charge on any atom is 0.276 e. The molecular weight excluding hydrogens is 328 g/mol. The molecule has 1 aliphatic carbocycles. The summed E-state index contributed by atoms with van der Waals surface area (Å²) in [6, 6.07) is 11.3. The van der Waals surface area contributed by atoms with E-state index in [0.29, 0.717) is 24.1 Å². The number of carbonyl (C=O) groups is 1. The Bertz CT molecular complexity index is 710. The monoisotopic (exact) mass is 354 g/mol. The summed E-state index contributed by atoms with van der Waals surface area (Å²) >= 11 is 0. The lowest BCUT2D eigenvalue weighted by Gasteiger charge is -2.16. The van der Waals surface area contributed by atoms with Gasteiger partial charge in [-0.15, -0.1) is 10.2 Å². The zero-order valence-corrected chi connectivity index (χ0v) is 15.2. The second kappa shape index (κ2) is 9.17. The molecule has 2 N–H and O–H groups in total. The number of anilines is 2. The van der Waals surface area contributed by atoms with Gasteiger partial charge in [-0.1, -0.05) is 37.8 Å². The van der Waals surface area contributed by atoms with Crippen molar-refractivity contribution < 1.29 is 9.53 Å². The minimum atomic E-state index is -0.300. The Morgan fingerprint density at radius 2 is 1.85 bits per heavy atom. The van der Waals surface area contributed by atoms with Gasteiger partial charge in [-0.3, -0.25) is 4.79 Å². The molecule has 6 nitrogen and oxygen atoms in total. The summed E-state index contributed by atoms with van der Waals surface area (Å²) in [5.74, 6) is 1.07. The summed E-state index contributed by atoms with van der Waals surface area (Å²) in [6.45, 7) is 2.44. The van der Waals surface area contributed by atoms with Crippen LogP contribution in [0.5, 0.6) is 5.75 Å². The first-order chi connectivity index (χ1) is 12.8. The van der Waals surface area contributed by atoms with Gasteiger partial charge in [0.25, 0.3) is 5.91 Å². The van der Waals surface area contributed by atoms with Crippen molar-refractivity contribution in [2.45, 2.75) is 51.5 Å². The molecule has 0 saturated heterocycles. The Balaban J connectivity index is 1.62. The smallest absolute Gasteiger partial charge is 0.276 e. The number of benzene rings is 1. The lowest BCUT2D eigenvalue weighted by molar-refractivity contribution is 0.102. The quantitative estimate of drug-likeness (QED) is 0.758. The van der Waals surface area contributed by atoms with Crippen molar-refractivity contribution in [3.63, 3.8) is 0 Å². The van der Waals surface area contributed by atoms with Crippen LogP contribution < -0.4 is 15.4 Å². The number of para-hydroxylation sites is 2. The largest absolute Gasteiger partial charge is 0.492 e. The van der Waals surface area contributed by atoms with Gasteiger partial charge in [0.15, 0.2) is 5.69 Å². The number of rotatable bonds is 6. The average molecular weight is 354 g/mol. The number of carbonyl (C=O) groups excluding carboxylic acids is 1. The van der Waals surface area contributed by atoms with Gasteiger partial charge in [0, 0.05) is 6.04 Å². The second-order valence-corrected chi connectivity index (χ2v) is 6.52. The van der Waals surface area contributed by atoms with E-state index in [1.165, 1.54) is 25.7 Å². The lowest BCUT2D eigenvalue weighted by atomic mass is 10.1. The minimum Gasteiger partial charge on any atom is -0.492 e. The molecule has 1 aromatic carbocycles. The predicted octanol–water partition coefficient (Wildman–Crippen LogP) is 4.26. The van der Waals surface area contributed by atoms with Crippen molar-refractivity contribution in [3.8, 4) is 5.75 Å². The van der Waals surface area contributed by atoms with Gasteiger partial charge in [-0.2, -0.15) is 0 Å². The van der Waals surface area contributed by atoms with Crippen LogP contribution in [0.1, 0.15) is 55.9 Å². The van der Waals surface area contributed by atoms with Crippen LogP contribution in [0.3, 0.4) is 0 Å². The molecule has 1 saturated carbocycles. The number of aromatic nitrogens is 2. The van der Waals surface area contributed by atoms with E-state index < -0.39 is 0 Å². The van der Waals surface area contributed by atoms with Crippen LogP contribution in [0, 0.1) is 0 Å². The Kier molecular flexibility index (Phi) is 6.41. The van der Waals surface area contributed by atoms with Crippen LogP contribution in [-0.2, 0) is 0 Å². The van der Waals surface area contributed by atoms with Crippen LogP contribution in [-0.4, -0.2) is 28.8 Å². The van der Waals surface area contributed by atoms with Gasteiger partial charge in [-0.25, -0.2) is 0 Å². The maximum absolute atomic E-state index is 12.4. The Hall–Kier alpha value is -2.63. The van der Waals surface area contributed by atoms with Crippen molar-refractivity contribution in [1.29, 1.82) is 0 Å². The topological polar surface area (TPSA) is 76.1 Å². The molecule has 138 valence electrons. The highest BCUT2D eigenvalue weighted by atomic mass is 16.5. The molecule has 0 atom stereocenters. The van der Waals surface area contributed by atoms with Gasteiger partial charge in [-0.05, 0) is 44.0 Å². The second-order valence-electron chi connectivity index (χ2n) is 6.52. The van der Waals surface area contributed by atoms with E-state index >= 15 is 0 Å². The fourth-order valence-electron chi connectivity index (χ4n) is 3.20. The molecule has 26 heavy (non-hydrogen) atoms. The molecule has 0 unspecified atom stereocenters. The van der Waals surface area contributed by atoms with E-state index in [0.717, 1.165) is 18.7 Å². The highest BCUT2D eigenvalue weighted by Gasteiger charge is 2.14. The third kappa shape index (κ3) is 4.94. The molecule has 0 spiro atoms. The highest BCUT2D eigenvalue weighted by Crippen LogP contribution is 2.24. The molecule has 1 aliphatic rings. The molecule has 6 heteroatoms. The van der Waals surface area contributed by atoms with Crippen molar-refractivity contribution in [2.75, 3.05) is 17.2 Å². The first-order valence-electron chi connectivity index (χ1n) is 9.39. The molecule has 1 aromatic heterocycles. The molecule has 0 bridgehead atoms. The summed E-state index contributed by atoms with van der Waals surface area (Å²) in [5.41, 5.74) is 0.907. The van der Waals surface area contributed by atoms with Gasteiger partial charge in [0.1, 0.15) is 11.6 Å². The van der Waals surface area contributed by atoms with Crippen LogP contribution in [0.25, 0.3) is 0 Å². The number of hydrogen-bond donors (Lipinski definition) is 2. The summed E-state index contributed by atoms with van der Waals surface area (Å²) < 4.78 is 5.53. The van der Waals surface area contributed by atoms with Gasteiger partial charge < -0.3 is 15.4 Å². The van der Waals surface area contributed by atoms with Gasteiger partial charge in [0.05, 0.1) is 12.3 Å².